The molecule has 0 bridgehead atoms. The smallest absolute Gasteiger partial charge is 0.446 e. The quantitative estimate of drug-likeness (QED) is 0.455. The summed E-state index contributed by atoms with van der Waals surface area (Å²) in [6.45, 7) is 4.88. The highest BCUT2D eigenvalue weighted by Gasteiger charge is 2.31. The predicted molar refractivity (Wildman–Crippen MR) is 102 cm³/mol. The first-order valence-corrected chi connectivity index (χ1v) is 10.6. The van der Waals surface area contributed by atoms with E-state index in [0.717, 1.165) is 28.6 Å². The zero-order chi connectivity index (χ0) is 21.8. The van der Waals surface area contributed by atoms with Gasteiger partial charge in [0.15, 0.2) is 0 Å². The Hall–Kier alpha value is -1.30. The van der Waals surface area contributed by atoms with Gasteiger partial charge in [-0.05, 0) is 70.9 Å². The summed E-state index contributed by atoms with van der Waals surface area (Å²) in [5.74, 6) is -0.709. The molecule has 1 rings (SSSR count). The molecule has 0 aliphatic heterocycles. The number of ether oxygens (including phenoxy) is 1. The van der Waals surface area contributed by atoms with Crippen molar-refractivity contribution in [3.05, 3.63) is 24.3 Å². The van der Waals surface area contributed by atoms with Crippen molar-refractivity contribution < 1.29 is 31.1 Å². The second-order valence-corrected chi connectivity index (χ2v) is 10.3. The summed E-state index contributed by atoms with van der Waals surface area (Å²) in [5.41, 5.74) is -5.24. The van der Waals surface area contributed by atoms with Crippen molar-refractivity contribution >= 4 is 27.8 Å². The van der Waals surface area contributed by atoms with Crippen LogP contribution >= 0.6 is 11.8 Å². The third-order valence-electron chi connectivity index (χ3n) is 3.22. The standard InChI is InChI=1S/C17H25F3N2O4S2/c1-16(2,3)26-15(23)12-22(11-10-21(4)5)28(24,25)14-8-6-13(7-9-14)27-17(18,19)20/h6-9H,10-12H2,1-5H3. The predicted octanol–water partition coefficient (Wildman–Crippen LogP) is 3.19. The molecule has 0 aliphatic carbocycles. The number of halogens is 3. The maximum absolute atomic E-state index is 12.9. The number of nitrogens with zero attached hydrogens (tertiary/aromatic N) is 2. The van der Waals surface area contributed by atoms with E-state index in [-0.39, 0.29) is 28.1 Å². The molecule has 0 aromatic heterocycles. The number of likely N-dealkylation sites (N-methyl/N-ethyl adjacent to an activating group) is 1. The minimum absolute atomic E-state index is 0.0215. The third kappa shape index (κ3) is 8.80. The molecule has 160 valence electrons. The van der Waals surface area contributed by atoms with E-state index in [1.165, 1.54) is 0 Å². The Balaban J connectivity index is 3.07. The van der Waals surface area contributed by atoms with Crippen molar-refractivity contribution in [1.82, 2.24) is 9.21 Å². The van der Waals surface area contributed by atoms with Gasteiger partial charge in [0.1, 0.15) is 12.1 Å². The molecular weight excluding hydrogens is 417 g/mol. The van der Waals surface area contributed by atoms with Crippen molar-refractivity contribution in [2.45, 2.75) is 41.7 Å². The van der Waals surface area contributed by atoms with Gasteiger partial charge in [-0.1, -0.05) is 0 Å². The summed E-state index contributed by atoms with van der Waals surface area (Å²) < 4.78 is 69.3. The van der Waals surface area contributed by atoms with Crippen molar-refractivity contribution in [1.29, 1.82) is 0 Å². The van der Waals surface area contributed by atoms with Crippen LogP contribution in [0.1, 0.15) is 20.8 Å². The van der Waals surface area contributed by atoms with Gasteiger partial charge < -0.3 is 9.64 Å². The normalized spacial score (nSPS) is 13.2. The van der Waals surface area contributed by atoms with E-state index < -0.39 is 33.6 Å². The van der Waals surface area contributed by atoms with Crippen molar-refractivity contribution in [2.75, 3.05) is 33.7 Å². The van der Waals surface area contributed by atoms with Crippen LogP contribution in [0.25, 0.3) is 0 Å². The fourth-order valence-electron chi connectivity index (χ4n) is 2.08. The highest BCUT2D eigenvalue weighted by Crippen LogP contribution is 2.37. The summed E-state index contributed by atoms with van der Waals surface area (Å²) in [5, 5.41) is 0. The molecule has 0 saturated heterocycles. The lowest BCUT2D eigenvalue weighted by atomic mass is 10.2. The number of benzene rings is 1. The first kappa shape index (κ1) is 24.7. The zero-order valence-electron chi connectivity index (χ0n) is 16.4. The number of thioether (sulfide) groups is 1. The second-order valence-electron chi connectivity index (χ2n) is 7.25. The molecule has 11 heteroatoms. The lowest BCUT2D eigenvalue weighted by Crippen LogP contribution is -2.41. The van der Waals surface area contributed by atoms with Crippen LogP contribution in [0.5, 0.6) is 0 Å². The highest BCUT2D eigenvalue weighted by atomic mass is 32.2. The number of esters is 1. The average molecular weight is 443 g/mol. The van der Waals surface area contributed by atoms with Gasteiger partial charge in [-0.2, -0.15) is 17.5 Å². The van der Waals surface area contributed by atoms with Crippen LogP contribution in [0.4, 0.5) is 13.2 Å². The summed E-state index contributed by atoms with van der Waals surface area (Å²) in [7, 11) is -0.590. The molecule has 1 aromatic carbocycles. The molecule has 0 aliphatic rings. The molecular formula is C17H25F3N2O4S2. The molecule has 1 aromatic rings. The van der Waals surface area contributed by atoms with Crippen molar-refractivity contribution in [3.8, 4) is 0 Å². The number of sulfonamides is 1. The number of carbonyl (C=O) groups is 1. The number of alkyl halides is 3. The van der Waals surface area contributed by atoms with Gasteiger partial charge >= 0.3 is 11.5 Å². The number of carbonyl (C=O) groups excluding carboxylic acids is 1. The number of rotatable bonds is 8. The van der Waals surface area contributed by atoms with Crippen LogP contribution in [0.15, 0.2) is 34.1 Å². The van der Waals surface area contributed by atoms with Gasteiger partial charge in [0.2, 0.25) is 10.0 Å². The molecule has 0 atom stereocenters. The van der Waals surface area contributed by atoms with E-state index >= 15 is 0 Å². The summed E-state index contributed by atoms with van der Waals surface area (Å²) in [6, 6.07) is 4.37. The average Bonchev–Trinajstić information content (AvgIpc) is 2.48. The largest absolute Gasteiger partial charge is 0.459 e. The fraction of sp³-hybridized carbons (Fsp3) is 0.588. The SMILES string of the molecule is CN(C)CCN(CC(=O)OC(C)(C)C)S(=O)(=O)c1ccc(SC(F)(F)F)cc1. The van der Waals surface area contributed by atoms with E-state index in [0.29, 0.717) is 6.54 Å². The minimum Gasteiger partial charge on any atom is -0.459 e. The monoisotopic (exact) mass is 442 g/mol. The van der Waals surface area contributed by atoms with E-state index in [4.69, 9.17) is 4.74 Å². The Kier molecular flexibility index (Phi) is 8.36. The Morgan fingerprint density at radius 1 is 1.07 bits per heavy atom. The molecule has 28 heavy (non-hydrogen) atoms. The van der Waals surface area contributed by atoms with Gasteiger partial charge in [0.05, 0.1) is 4.90 Å². The molecule has 0 unspecified atom stereocenters. The maximum Gasteiger partial charge on any atom is 0.446 e. The Bertz CT molecular complexity index is 758. The topological polar surface area (TPSA) is 66.9 Å². The summed E-state index contributed by atoms with van der Waals surface area (Å²) in [6.07, 6.45) is 0. The summed E-state index contributed by atoms with van der Waals surface area (Å²) >= 11 is -0.330. The van der Waals surface area contributed by atoms with Gasteiger partial charge in [0.25, 0.3) is 0 Å². The highest BCUT2D eigenvalue weighted by molar-refractivity contribution is 8.00. The van der Waals surface area contributed by atoms with Gasteiger partial charge in [0, 0.05) is 18.0 Å². The van der Waals surface area contributed by atoms with Gasteiger partial charge in [-0.15, -0.1) is 0 Å². The van der Waals surface area contributed by atoms with E-state index in [9.17, 15) is 26.4 Å². The number of hydrogen-bond donors (Lipinski definition) is 0. The van der Waals surface area contributed by atoms with E-state index in [2.05, 4.69) is 0 Å². The molecule has 0 amide bonds. The molecule has 0 radical (unpaired) electrons. The minimum atomic E-state index is -4.46. The van der Waals surface area contributed by atoms with Crippen LogP contribution < -0.4 is 0 Å². The molecule has 0 fully saturated rings. The maximum atomic E-state index is 12.9. The molecule has 0 heterocycles. The molecule has 0 N–H and O–H groups in total. The van der Waals surface area contributed by atoms with Crippen LogP contribution in [-0.4, -0.2) is 68.4 Å². The first-order valence-electron chi connectivity index (χ1n) is 8.33. The Labute approximate surface area is 168 Å². The third-order valence-corrected chi connectivity index (χ3v) is 5.82. The van der Waals surface area contributed by atoms with E-state index in [1.807, 2.05) is 0 Å². The van der Waals surface area contributed by atoms with E-state index in [1.54, 1.807) is 39.8 Å². The second kappa shape index (κ2) is 9.47. The van der Waals surface area contributed by atoms with Crippen molar-refractivity contribution in [2.24, 2.45) is 0 Å². The lowest BCUT2D eigenvalue weighted by Gasteiger charge is -2.25. The number of hydrogen-bond acceptors (Lipinski definition) is 6. The zero-order valence-corrected chi connectivity index (χ0v) is 18.0. The molecule has 0 saturated carbocycles. The lowest BCUT2D eigenvalue weighted by molar-refractivity contribution is -0.155. The summed E-state index contributed by atoms with van der Waals surface area (Å²) in [4.78, 5) is 13.6. The van der Waals surface area contributed by atoms with Gasteiger partial charge in [-0.3, -0.25) is 4.79 Å². The molecule has 0 spiro atoms. The first-order chi connectivity index (χ1) is 12.6. The van der Waals surface area contributed by atoms with Crippen LogP contribution in [0.3, 0.4) is 0 Å². The fourth-order valence-corrected chi connectivity index (χ4v) is 3.99. The van der Waals surface area contributed by atoms with Crippen LogP contribution in [0.2, 0.25) is 0 Å². The van der Waals surface area contributed by atoms with Crippen LogP contribution in [0, 0.1) is 0 Å². The molecule has 6 nitrogen and oxygen atoms in total. The van der Waals surface area contributed by atoms with Crippen molar-refractivity contribution in [3.63, 3.8) is 0 Å². The van der Waals surface area contributed by atoms with Gasteiger partial charge in [-0.25, -0.2) is 8.42 Å². The van der Waals surface area contributed by atoms with Crippen LogP contribution in [-0.2, 0) is 19.6 Å². The Morgan fingerprint density at radius 3 is 2.04 bits per heavy atom. The Morgan fingerprint density at radius 2 is 1.61 bits per heavy atom.